The van der Waals surface area contributed by atoms with Gasteiger partial charge in [0, 0.05) is 19.3 Å². The molecule has 0 bridgehead atoms. The van der Waals surface area contributed by atoms with Gasteiger partial charge in [-0.15, -0.1) is 0 Å². The molecule has 3 amide bonds. The van der Waals surface area contributed by atoms with E-state index in [0.29, 0.717) is 6.21 Å². The van der Waals surface area contributed by atoms with Crippen LogP contribution in [0.3, 0.4) is 0 Å². The summed E-state index contributed by atoms with van der Waals surface area (Å²) in [4.78, 5) is 85.7. The molecule has 0 aromatic rings. The number of nitrogens with one attached hydrogen (secondary N) is 4. The number of hydrogen-bond acceptors (Lipinski definition) is 12. The maximum absolute atomic E-state index is 12.8. The Labute approximate surface area is 249 Å². The molecular formula is C23H37N6NaO9. The number of carboxylic acid groups (broad SMARTS) is 1. The smallest absolute Gasteiger partial charge is 0.548 e. The molecule has 0 aliphatic carbocycles. The van der Waals surface area contributed by atoms with E-state index in [4.69, 9.17) is 15.9 Å². The molecule has 3 atom stereocenters. The predicted molar refractivity (Wildman–Crippen MR) is 132 cm³/mol. The molecule has 0 rings (SSSR count). The molecular weight excluding hydrogens is 527 g/mol. The van der Waals surface area contributed by atoms with E-state index in [9.17, 15) is 38.7 Å². The standard InChI is InChI=1S/C23H38N6O9.Na/c1-4-38-23(37)18(27-20(33)13-29(2)3)9-10-19(32)26-16(7-5-14(30)11-24)21(34)28-17(22(35)36)8-6-15(31)12-25;/h12,16-18,25H,4-11,13,24H2,1-3H3,(H,26,32)(H,27,33)(H,28,34)(H,35,36);/q;+1/p-1. The van der Waals surface area contributed by atoms with Gasteiger partial charge in [0.2, 0.25) is 17.7 Å². The van der Waals surface area contributed by atoms with Crippen molar-refractivity contribution in [1.82, 2.24) is 20.9 Å². The second-order valence-electron chi connectivity index (χ2n) is 8.58. The second kappa shape index (κ2) is 21.1. The van der Waals surface area contributed by atoms with E-state index in [2.05, 4.69) is 16.0 Å². The molecule has 0 aromatic heterocycles. The maximum atomic E-state index is 12.8. The number of ketones is 2. The topological polar surface area (TPSA) is 241 Å². The van der Waals surface area contributed by atoms with Gasteiger partial charge >= 0.3 is 35.5 Å². The van der Waals surface area contributed by atoms with Crippen molar-refractivity contribution in [3.63, 3.8) is 0 Å². The molecule has 15 nitrogen and oxygen atoms in total. The SMILES string of the molecule is CCOC(=O)C(CCC(=O)NC(CCC(=O)CN)C(=O)NC(CCC(=O)C=N)C(=O)[O-])NC(=O)CN(C)C.[Na+]. The van der Waals surface area contributed by atoms with E-state index >= 15 is 0 Å². The molecule has 39 heavy (non-hydrogen) atoms. The van der Waals surface area contributed by atoms with E-state index < -0.39 is 59.4 Å². The summed E-state index contributed by atoms with van der Waals surface area (Å²) < 4.78 is 4.94. The van der Waals surface area contributed by atoms with Crippen LogP contribution in [0.15, 0.2) is 0 Å². The summed E-state index contributed by atoms with van der Waals surface area (Å²) in [5.74, 6) is -5.61. The Kier molecular flexibility index (Phi) is 20.8. The van der Waals surface area contributed by atoms with Gasteiger partial charge in [-0.05, 0) is 40.3 Å². The van der Waals surface area contributed by atoms with Crippen LogP contribution in [-0.4, -0.2) is 104 Å². The van der Waals surface area contributed by atoms with Crippen molar-refractivity contribution in [2.45, 2.75) is 63.6 Å². The zero-order chi connectivity index (χ0) is 29.3. The Morgan fingerprint density at radius 2 is 1.46 bits per heavy atom. The molecule has 0 aliphatic heterocycles. The van der Waals surface area contributed by atoms with Crippen molar-refractivity contribution in [1.29, 1.82) is 5.41 Å². The summed E-state index contributed by atoms with van der Waals surface area (Å²) in [7, 11) is 3.31. The van der Waals surface area contributed by atoms with Crippen molar-refractivity contribution in [3.05, 3.63) is 0 Å². The zero-order valence-electron chi connectivity index (χ0n) is 22.9. The minimum absolute atomic E-state index is 0. The van der Waals surface area contributed by atoms with Gasteiger partial charge in [0.1, 0.15) is 17.9 Å². The summed E-state index contributed by atoms with van der Waals surface area (Å²) >= 11 is 0. The molecule has 0 aliphatic rings. The van der Waals surface area contributed by atoms with Crippen LogP contribution in [0.1, 0.15) is 45.4 Å². The van der Waals surface area contributed by atoms with Crippen molar-refractivity contribution in [2.24, 2.45) is 5.73 Å². The van der Waals surface area contributed by atoms with E-state index in [1.165, 1.54) is 0 Å². The monoisotopic (exact) mass is 564 g/mol. The molecule has 214 valence electrons. The minimum atomic E-state index is -1.68. The molecule has 0 saturated heterocycles. The maximum Gasteiger partial charge on any atom is 1.00 e. The van der Waals surface area contributed by atoms with Crippen LogP contribution in [0.4, 0.5) is 0 Å². The number of rotatable bonds is 20. The van der Waals surface area contributed by atoms with Crippen molar-refractivity contribution in [2.75, 3.05) is 33.8 Å². The Bertz CT molecular complexity index is 884. The van der Waals surface area contributed by atoms with E-state index in [1.54, 1.807) is 25.9 Å². The zero-order valence-corrected chi connectivity index (χ0v) is 24.9. The fourth-order valence-electron chi connectivity index (χ4n) is 3.12. The Morgan fingerprint density at radius 3 is 1.97 bits per heavy atom. The van der Waals surface area contributed by atoms with Crippen LogP contribution < -0.4 is 56.3 Å². The average molecular weight is 565 g/mol. The number of likely N-dealkylation sites (N-methyl/N-ethyl adjacent to an activating group) is 1. The van der Waals surface area contributed by atoms with E-state index in [1.807, 2.05) is 0 Å². The fourth-order valence-corrected chi connectivity index (χ4v) is 3.12. The number of carbonyl (C=O) groups excluding carboxylic acids is 7. The third kappa shape index (κ3) is 17.5. The van der Waals surface area contributed by atoms with Crippen LogP contribution >= 0.6 is 0 Å². The number of amides is 3. The number of hydrogen-bond donors (Lipinski definition) is 5. The first-order valence-electron chi connectivity index (χ1n) is 12.0. The van der Waals surface area contributed by atoms with Crippen LogP contribution in [0.25, 0.3) is 0 Å². The molecule has 0 spiro atoms. The van der Waals surface area contributed by atoms with Crippen molar-refractivity contribution < 1.29 is 73.0 Å². The largest absolute Gasteiger partial charge is 1.00 e. The molecule has 6 N–H and O–H groups in total. The van der Waals surface area contributed by atoms with E-state index in [-0.39, 0.29) is 87.8 Å². The third-order valence-electron chi connectivity index (χ3n) is 5.06. The van der Waals surface area contributed by atoms with Gasteiger partial charge in [-0.2, -0.15) is 0 Å². The quantitative estimate of drug-likeness (QED) is 0.0529. The normalized spacial score (nSPS) is 12.6. The Balaban J connectivity index is 0. The number of Topliss-reactive ketones (excluding diaryl/α,β-unsaturated/α-hetero) is 2. The number of carbonyl (C=O) groups is 7. The van der Waals surface area contributed by atoms with Crippen LogP contribution in [-0.2, 0) is 38.3 Å². The summed E-state index contributed by atoms with van der Waals surface area (Å²) in [6.45, 7) is 1.32. The van der Waals surface area contributed by atoms with Gasteiger partial charge < -0.3 is 46.6 Å². The summed E-state index contributed by atoms with van der Waals surface area (Å²) in [6.07, 6.45) is -1.04. The van der Waals surface area contributed by atoms with Gasteiger partial charge in [0.25, 0.3) is 0 Å². The molecule has 0 fully saturated rings. The molecule has 0 heterocycles. The number of carboxylic acids is 1. The summed E-state index contributed by atoms with van der Waals surface area (Å²) in [5, 5.41) is 25.3. The number of nitrogens with two attached hydrogens (primary N) is 1. The fraction of sp³-hybridized carbons (Fsp3) is 0.652. The number of nitrogens with zero attached hydrogens (tertiary/aromatic N) is 1. The summed E-state index contributed by atoms with van der Waals surface area (Å²) in [5.41, 5.74) is 5.29. The molecule has 0 aromatic carbocycles. The third-order valence-corrected chi connectivity index (χ3v) is 5.06. The molecule has 16 heteroatoms. The van der Waals surface area contributed by atoms with Crippen LogP contribution in [0, 0.1) is 5.41 Å². The number of esters is 1. The van der Waals surface area contributed by atoms with E-state index in [0.717, 1.165) is 0 Å². The number of aliphatic carboxylic acids is 1. The Morgan fingerprint density at radius 1 is 0.897 bits per heavy atom. The first-order valence-corrected chi connectivity index (χ1v) is 12.0. The molecule has 0 saturated carbocycles. The predicted octanol–water partition coefficient (Wildman–Crippen LogP) is -6.59. The first kappa shape index (κ1) is 38.4. The molecule has 0 radical (unpaired) electrons. The van der Waals surface area contributed by atoms with Gasteiger partial charge in [0.15, 0.2) is 5.78 Å². The second-order valence-corrected chi connectivity index (χ2v) is 8.58. The molecule has 3 unspecified atom stereocenters. The average Bonchev–Trinajstić information content (AvgIpc) is 2.85. The summed E-state index contributed by atoms with van der Waals surface area (Å²) in [6, 6.07) is -4.06. The first-order chi connectivity index (χ1) is 17.8. The van der Waals surface area contributed by atoms with Crippen molar-refractivity contribution in [3.8, 4) is 0 Å². The van der Waals surface area contributed by atoms with Gasteiger partial charge in [-0.3, -0.25) is 24.0 Å². The van der Waals surface area contributed by atoms with Crippen LogP contribution in [0.5, 0.6) is 0 Å². The number of ether oxygens (including phenoxy) is 1. The van der Waals surface area contributed by atoms with Gasteiger partial charge in [-0.1, -0.05) is 0 Å². The minimum Gasteiger partial charge on any atom is -0.548 e. The van der Waals surface area contributed by atoms with Gasteiger partial charge in [0.05, 0.1) is 37.9 Å². The van der Waals surface area contributed by atoms with Crippen LogP contribution in [0.2, 0.25) is 0 Å². The van der Waals surface area contributed by atoms with Crippen molar-refractivity contribution >= 4 is 47.4 Å². The van der Waals surface area contributed by atoms with Gasteiger partial charge in [-0.25, -0.2) is 4.79 Å². The Hall–Kier alpha value is -2.72.